The van der Waals surface area contributed by atoms with Crippen LogP contribution in [0.2, 0.25) is 0 Å². The molecule has 1 atom stereocenters. The lowest BCUT2D eigenvalue weighted by Crippen LogP contribution is -2.47. The summed E-state index contributed by atoms with van der Waals surface area (Å²) in [5.41, 5.74) is 0. The van der Waals surface area contributed by atoms with Crippen molar-refractivity contribution in [3.63, 3.8) is 0 Å². The fraction of sp³-hybridized carbons (Fsp3) is 0.933. The van der Waals surface area contributed by atoms with Gasteiger partial charge >= 0.3 is 0 Å². The molecule has 1 spiro atoms. The molecule has 0 aromatic heterocycles. The molecule has 21 heavy (non-hydrogen) atoms. The molecule has 2 heterocycles. The normalized spacial score (nSPS) is 28.0. The molecule has 3 rings (SSSR count). The minimum atomic E-state index is -0.382. The van der Waals surface area contributed by atoms with Gasteiger partial charge in [0.25, 0.3) is 5.91 Å². The van der Waals surface area contributed by atoms with Crippen molar-refractivity contribution in [3.8, 4) is 0 Å². The molecule has 0 N–H and O–H groups in total. The lowest BCUT2D eigenvalue weighted by atomic mass is 9.91. The van der Waals surface area contributed by atoms with Crippen molar-refractivity contribution in [2.75, 3.05) is 39.5 Å². The summed E-state index contributed by atoms with van der Waals surface area (Å²) < 4.78 is 22.7. The van der Waals surface area contributed by atoms with Gasteiger partial charge in [-0.1, -0.05) is 0 Å². The van der Waals surface area contributed by atoms with Gasteiger partial charge in [-0.25, -0.2) is 0 Å². The number of amides is 1. The van der Waals surface area contributed by atoms with E-state index in [1.54, 1.807) is 0 Å². The van der Waals surface area contributed by atoms with Crippen LogP contribution in [0.1, 0.15) is 32.6 Å². The molecule has 6 heteroatoms. The SMILES string of the molecule is CC(OC1CCC2(CC1)OCCO2)C(=O)N1CCOCC1. The first kappa shape index (κ1) is 15.2. The molecule has 0 bridgehead atoms. The fourth-order valence-corrected chi connectivity index (χ4v) is 3.34. The number of nitrogens with zero attached hydrogens (tertiary/aromatic N) is 1. The van der Waals surface area contributed by atoms with Crippen LogP contribution in [0.3, 0.4) is 0 Å². The molecule has 3 aliphatic rings. The van der Waals surface area contributed by atoms with Gasteiger partial charge in [0.2, 0.25) is 0 Å². The van der Waals surface area contributed by atoms with Crippen LogP contribution in [0.15, 0.2) is 0 Å². The predicted molar refractivity (Wildman–Crippen MR) is 74.8 cm³/mol. The van der Waals surface area contributed by atoms with E-state index in [4.69, 9.17) is 18.9 Å². The highest BCUT2D eigenvalue weighted by molar-refractivity contribution is 5.80. The number of ether oxygens (including phenoxy) is 4. The van der Waals surface area contributed by atoms with Crippen LogP contribution in [-0.4, -0.2) is 68.3 Å². The molecule has 120 valence electrons. The Morgan fingerprint density at radius 1 is 1.14 bits per heavy atom. The van der Waals surface area contributed by atoms with E-state index in [-0.39, 0.29) is 23.9 Å². The highest BCUT2D eigenvalue weighted by atomic mass is 16.7. The van der Waals surface area contributed by atoms with E-state index in [2.05, 4.69) is 0 Å². The monoisotopic (exact) mass is 299 g/mol. The largest absolute Gasteiger partial charge is 0.378 e. The van der Waals surface area contributed by atoms with E-state index in [0.717, 1.165) is 25.7 Å². The number of carbonyl (C=O) groups is 1. The Bertz CT molecular complexity index is 353. The predicted octanol–water partition coefficient (Wildman–Crippen LogP) is 0.936. The van der Waals surface area contributed by atoms with Crippen LogP contribution in [0.25, 0.3) is 0 Å². The van der Waals surface area contributed by atoms with Gasteiger partial charge in [0, 0.05) is 25.9 Å². The Hall–Kier alpha value is -0.690. The summed E-state index contributed by atoms with van der Waals surface area (Å²) >= 11 is 0. The molecule has 0 radical (unpaired) electrons. The Labute approximate surface area is 125 Å². The summed E-state index contributed by atoms with van der Waals surface area (Å²) in [6.45, 7) is 5.82. The minimum absolute atomic E-state index is 0.0759. The molecule has 6 nitrogen and oxygen atoms in total. The van der Waals surface area contributed by atoms with Crippen LogP contribution >= 0.6 is 0 Å². The zero-order valence-electron chi connectivity index (χ0n) is 12.7. The second-order valence-corrected chi connectivity index (χ2v) is 6.02. The second-order valence-electron chi connectivity index (χ2n) is 6.02. The van der Waals surface area contributed by atoms with Crippen LogP contribution in [0, 0.1) is 0 Å². The van der Waals surface area contributed by atoms with Gasteiger partial charge in [0.05, 0.1) is 32.5 Å². The molecule has 1 amide bonds. The van der Waals surface area contributed by atoms with Crippen LogP contribution in [0.5, 0.6) is 0 Å². The van der Waals surface area contributed by atoms with Crippen LogP contribution < -0.4 is 0 Å². The number of rotatable bonds is 3. The summed E-state index contributed by atoms with van der Waals surface area (Å²) in [6, 6.07) is 0. The molecule has 0 aromatic rings. The van der Waals surface area contributed by atoms with Crippen molar-refractivity contribution in [2.45, 2.75) is 50.6 Å². The maximum Gasteiger partial charge on any atom is 0.251 e. The van der Waals surface area contributed by atoms with Crippen molar-refractivity contribution in [1.82, 2.24) is 4.90 Å². The second kappa shape index (κ2) is 6.60. The summed E-state index contributed by atoms with van der Waals surface area (Å²) in [5.74, 6) is -0.288. The zero-order valence-corrected chi connectivity index (χ0v) is 12.7. The zero-order chi connectivity index (χ0) is 14.7. The first-order chi connectivity index (χ1) is 10.2. The molecule has 1 saturated carbocycles. The third-order valence-electron chi connectivity index (χ3n) is 4.58. The van der Waals surface area contributed by atoms with Gasteiger partial charge in [-0.2, -0.15) is 0 Å². The number of carbonyl (C=O) groups excluding carboxylic acids is 1. The lowest BCUT2D eigenvalue weighted by molar-refractivity contribution is -0.196. The topological polar surface area (TPSA) is 57.2 Å². The van der Waals surface area contributed by atoms with Gasteiger partial charge < -0.3 is 23.8 Å². The first-order valence-corrected chi connectivity index (χ1v) is 7.98. The van der Waals surface area contributed by atoms with Crippen molar-refractivity contribution >= 4 is 5.91 Å². The van der Waals surface area contributed by atoms with Crippen LogP contribution in [0.4, 0.5) is 0 Å². The summed E-state index contributed by atoms with van der Waals surface area (Å²) in [4.78, 5) is 14.2. The van der Waals surface area contributed by atoms with E-state index in [0.29, 0.717) is 39.5 Å². The lowest BCUT2D eigenvalue weighted by Gasteiger charge is -2.37. The Morgan fingerprint density at radius 3 is 2.38 bits per heavy atom. The Kier molecular flexibility index (Phi) is 4.78. The maximum atomic E-state index is 12.3. The van der Waals surface area contributed by atoms with Gasteiger partial charge in [-0.15, -0.1) is 0 Å². The summed E-state index contributed by atoms with van der Waals surface area (Å²) in [7, 11) is 0. The van der Waals surface area contributed by atoms with Crippen molar-refractivity contribution in [3.05, 3.63) is 0 Å². The van der Waals surface area contributed by atoms with E-state index in [1.165, 1.54) is 0 Å². The van der Waals surface area contributed by atoms with Gasteiger partial charge in [0.15, 0.2) is 5.79 Å². The quantitative estimate of drug-likeness (QED) is 0.776. The molecule has 2 saturated heterocycles. The molecule has 1 aliphatic carbocycles. The number of morpholine rings is 1. The van der Waals surface area contributed by atoms with E-state index < -0.39 is 0 Å². The standard InChI is InChI=1S/C15H25NO5/c1-12(14(17)16-6-8-18-9-7-16)21-13-2-4-15(5-3-13)19-10-11-20-15/h12-13H,2-11H2,1H3. The molecule has 0 aromatic carbocycles. The number of hydrogen-bond donors (Lipinski definition) is 0. The fourth-order valence-electron chi connectivity index (χ4n) is 3.34. The molecule has 3 fully saturated rings. The molecule has 1 unspecified atom stereocenters. The van der Waals surface area contributed by atoms with Crippen molar-refractivity contribution < 1.29 is 23.7 Å². The van der Waals surface area contributed by atoms with E-state index >= 15 is 0 Å². The average Bonchev–Trinajstić information content (AvgIpc) is 2.98. The Morgan fingerprint density at radius 2 is 1.76 bits per heavy atom. The average molecular weight is 299 g/mol. The van der Waals surface area contributed by atoms with Gasteiger partial charge in [0.1, 0.15) is 6.10 Å². The maximum absolute atomic E-state index is 12.3. The molecular weight excluding hydrogens is 274 g/mol. The van der Waals surface area contributed by atoms with Crippen molar-refractivity contribution in [2.24, 2.45) is 0 Å². The van der Waals surface area contributed by atoms with Crippen LogP contribution in [-0.2, 0) is 23.7 Å². The minimum Gasteiger partial charge on any atom is -0.378 e. The van der Waals surface area contributed by atoms with E-state index in [1.807, 2.05) is 11.8 Å². The first-order valence-electron chi connectivity index (χ1n) is 7.98. The van der Waals surface area contributed by atoms with E-state index in [9.17, 15) is 4.79 Å². The third kappa shape index (κ3) is 3.56. The third-order valence-corrected chi connectivity index (χ3v) is 4.58. The summed E-state index contributed by atoms with van der Waals surface area (Å²) in [6.07, 6.45) is 3.24. The number of hydrogen-bond acceptors (Lipinski definition) is 5. The molecular formula is C15H25NO5. The smallest absolute Gasteiger partial charge is 0.251 e. The highest BCUT2D eigenvalue weighted by Gasteiger charge is 2.41. The highest BCUT2D eigenvalue weighted by Crippen LogP contribution is 2.37. The molecule has 2 aliphatic heterocycles. The van der Waals surface area contributed by atoms with Gasteiger partial charge in [-0.3, -0.25) is 4.79 Å². The Balaban J connectivity index is 1.44. The summed E-state index contributed by atoms with van der Waals surface area (Å²) in [5, 5.41) is 0. The van der Waals surface area contributed by atoms with Gasteiger partial charge in [-0.05, 0) is 19.8 Å². The van der Waals surface area contributed by atoms with Crippen molar-refractivity contribution in [1.29, 1.82) is 0 Å².